The molecule has 3 aromatic rings. The van der Waals surface area contributed by atoms with Crippen molar-refractivity contribution in [1.29, 1.82) is 0 Å². The number of carbonyl (C=O) groups excluding carboxylic acids is 1. The molecule has 7 nitrogen and oxygen atoms in total. The van der Waals surface area contributed by atoms with Crippen molar-refractivity contribution in [2.24, 2.45) is 0 Å². The Morgan fingerprint density at radius 3 is 2.48 bits per heavy atom. The van der Waals surface area contributed by atoms with Gasteiger partial charge in [-0.2, -0.15) is 0 Å². The Balaban J connectivity index is 1.82. The molecule has 1 heterocycles. The fourth-order valence-corrected chi connectivity index (χ4v) is 4.62. The Morgan fingerprint density at radius 1 is 1.10 bits per heavy atom. The van der Waals surface area contributed by atoms with E-state index in [0.29, 0.717) is 17.0 Å². The number of nitrogens with zero attached hydrogens (tertiary/aromatic N) is 1. The van der Waals surface area contributed by atoms with Crippen LogP contribution in [-0.2, 0) is 14.6 Å². The first kappa shape index (κ1) is 22.6. The minimum Gasteiger partial charge on any atom is -0.495 e. The van der Waals surface area contributed by atoms with Crippen LogP contribution in [0.5, 0.6) is 5.75 Å². The van der Waals surface area contributed by atoms with Gasteiger partial charge >= 0.3 is 0 Å². The summed E-state index contributed by atoms with van der Waals surface area (Å²) in [6.45, 7) is 7.53. The van der Waals surface area contributed by atoms with Crippen LogP contribution >= 0.6 is 0 Å². The van der Waals surface area contributed by atoms with Crippen LogP contribution in [0, 0.1) is 27.7 Å². The molecular weight excluding hydrogens is 416 g/mol. The lowest BCUT2D eigenvalue weighted by atomic mass is 10.1. The molecule has 0 atom stereocenters. The van der Waals surface area contributed by atoms with E-state index in [1.807, 2.05) is 39.8 Å². The van der Waals surface area contributed by atoms with Crippen LogP contribution in [0.1, 0.15) is 28.8 Å². The Hall–Kier alpha value is -3.13. The molecule has 1 aromatic heterocycles. The van der Waals surface area contributed by atoms with E-state index in [1.54, 1.807) is 18.2 Å². The summed E-state index contributed by atoms with van der Waals surface area (Å²) in [6.07, 6.45) is -0.177. The average molecular weight is 443 g/mol. The third-order valence-corrected chi connectivity index (χ3v) is 7.13. The molecule has 0 spiro atoms. The molecule has 8 heteroatoms. The zero-order chi connectivity index (χ0) is 22.8. The minimum absolute atomic E-state index is 0.0143. The van der Waals surface area contributed by atoms with Gasteiger partial charge in [-0.25, -0.2) is 8.42 Å². The van der Waals surface area contributed by atoms with E-state index in [-0.39, 0.29) is 28.7 Å². The molecule has 0 aliphatic heterocycles. The maximum Gasteiger partial charge on any atom is 0.225 e. The van der Waals surface area contributed by atoms with Gasteiger partial charge in [0.15, 0.2) is 15.6 Å². The largest absolute Gasteiger partial charge is 0.495 e. The number of ether oxygens (including phenoxy) is 1. The Morgan fingerprint density at radius 2 is 1.84 bits per heavy atom. The normalized spacial score (nSPS) is 11.4. The number of nitrogens with one attached hydrogen (secondary N) is 1. The lowest BCUT2D eigenvalue weighted by molar-refractivity contribution is -0.115. The van der Waals surface area contributed by atoms with E-state index in [9.17, 15) is 13.2 Å². The van der Waals surface area contributed by atoms with Gasteiger partial charge in [0.25, 0.3) is 0 Å². The number of amides is 1. The summed E-state index contributed by atoms with van der Waals surface area (Å²) < 4.78 is 36.7. The van der Waals surface area contributed by atoms with Crippen molar-refractivity contribution in [3.05, 3.63) is 58.8 Å². The molecule has 1 amide bonds. The second-order valence-electron chi connectivity index (χ2n) is 7.45. The molecule has 2 aromatic carbocycles. The number of aryl methyl sites for hydroxylation is 2. The van der Waals surface area contributed by atoms with Gasteiger partial charge in [-0.05, 0) is 63.1 Å². The molecule has 31 heavy (non-hydrogen) atoms. The molecule has 0 aliphatic carbocycles. The molecule has 0 aliphatic rings. The zero-order valence-electron chi connectivity index (χ0n) is 18.3. The first-order valence-corrected chi connectivity index (χ1v) is 11.5. The van der Waals surface area contributed by atoms with Crippen molar-refractivity contribution in [2.75, 3.05) is 18.2 Å². The predicted molar refractivity (Wildman–Crippen MR) is 119 cm³/mol. The predicted octanol–water partition coefficient (Wildman–Crippen LogP) is 4.39. The molecule has 0 radical (unpaired) electrons. The standard InChI is InChI=1S/C23H26N2O5S/c1-14-7-6-8-19(15(14)2)24-22(26)11-12-31(27,28)21-13-18(9-10-20(21)29-5)23-16(3)17(4)25-30-23/h6-10,13H,11-12H2,1-5H3,(H,24,26). The van der Waals surface area contributed by atoms with Gasteiger partial charge in [0.2, 0.25) is 5.91 Å². The number of benzene rings is 2. The van der Waals surface area contributed by atoms with Crippen LogP contribution in [0.3, 0.4) is 0 Å². The quantitative estimate of drug-likeness (QED) is 0.583. The summed E-state index contributed by atoms with van der Waals surface area (Å²) >= 11 is 0. The molecule has 1 N–H and O–H groups in total. The van der Waals surface area contributed by atoms with E-state index < -0.39 is 9.84 Å². The van der Waals surface area contributed by atoms with Crippen LogP contribution in [0.4, 0.5) is 5.69 Å². The summed E-state index contributed by atoms with van der Waals surface area (Å²) in [4.78, 5) is 12.4. The van der Waals surface area contributed by atoms with Crippen molar-refractivity contribution in [2.45, 2.75) is 39.0 Å². The molecule has 0 saturated heterocycles. The molecule has 0 fully saturated rings. The highest BCUT2D eigenvalue weighted by atomic mass is 32.2. The van der Waals surface area contributed by atoms with E-state index in [2.05, 4.69) is 10.5 Å². The highest BCUT2D eigenvalue weighted by Crippen LogP contribution is 2.33. The highest BCUT2D eigenvalue weighted by molar-refractivity contribution is 7.91. The van der Waals surface area contributed by atoms with Gasteiger partial charge in [0.05, 0.1) is 18.6 Å². The van der Waals surface area contributed by atoms with Crippen molar-refractivity contribution >= 4 is 21.4 Å². The van der Waals surface area contributed by atoms with Gasteiger partial charge in [-0.3, -0.25) is 4.79 Å². The number of hydrogen-bond acceptors (Lipinski definition) is 6. The number of hydrogen-bond donors (Lipinski definition) is 1. The van der Waals surface area contributed by atoms with Crippen molar-refractivity contribution in [1.82, 2.24) is 5.16 Å². The van der Waals surface area contributed by atoms with Gasteiger partial charge in [0, 0.05) is 23.2 Å². The first-order chi connectivity index (χ1) is 14.6. The van der Waals surface area contributed by atoms with Crippen molar-refractivity contribution < 1.29 is 22.5 Å². The number of anilines is 1. The lowest BCUT2D eigenvalue weighted by Gasteiger charge is -2.12. The number of rotatable bonds is 7. The molecular formula is C23H26N2O5S. The average Bonchev–Trinajstić information content (AvgIpc) is 3.08. The molecule has 3 rings (SSSR count). The number of carbonyl (C=O) groups is 1. The van der Waals surface area contributed by atoms with Crippen LogP contribution < -0.4 is 10.1 Å². The smallest absolute Gasteiger partial charge is 0.225 e. The fraction of sp³-hybridized carbons (Fsp3) is 0.304. The second-order valence-corrected chi connectivity index (χ2v) is 9.53. The summed E-state index contributed by atoms with van der Waals surface area (Å²) in [5, 5.41) is 6.72. The summed E-state index contributed by atoms with van der Waals surface area (Å²) in [6, 6.07) is 10.4. The van der Waals surface area contributed by atoms with Gasteiger partial charge < -0.3 is 14.6 Å². The third kappa shape index (κ3) is 4.80. The maximum atomic E-state index is 13.1. The summed E-state index contributed by atoms with van der Waals surface area (Å²) in [7, 11) is -2.39. The highest BCUT2D eigenvalue weighted by Gasteiger charge is 2.23. The topological polar surface area (TPSA) is 98.5 Å². The molecule has 0 unspecified atom stereocenters. The van der Waals surface area contributed by atoms with E-state index >= 15 is 0 Å². The monoisotopic (exact) mass is 442 g/mol. The minimum atomic E-state index is -3.79. The van der Waals surface area contributed by atoms with Gasteiger partial charge in [-0.1, -0.05) is 17.3 Å². The van der Waals surface area contributed by atoms with Crippen molar-refractivity contribution in [3.8, 4) is 17.1 Å². The van der Waals surface area contributed by atoms with E-state index in [0.717, 1.165) is 22.4 Å². The summed E-state index contributed by atoms with van der Waals surface area (Å²) in [5.41, 5.74) is 4.82. The Bertz CT molecular complexity index is 1230. The maximum absolute atomic E-state index is 13.1. The lowest BCUT2D eigenvalue weighted by Crippen LogP contribution is -2.18. The molecule has 0 bridgehead atoms. The van der Waals surface area contributed by atoms with Crippen LogP contribution in [-0.4, -0.2) is 32.3 Å². The van der Waals surface area contributed by atoms with Crippen molar-refractivity contribution in [3.63, 3.8) is 0 Å². The second kappa shape index (κ2) is 8.93. The third-order valence-electron chi connectivity index (χ3n) is 5.39. The number of sulfone groups is 1. The fourth-order valence-electron chi connectivity index (χ4n) is 3.18. The van der Waals surface area contributed by atoms with E-state index in [4.69, 9.17) is 9.26 Å². The van der Waals surface area contributed by atoms with Gasteiger partial charge in [0.1, 0.15) is 10.6 Å². The Kier molecular flexibility index (Phi) is 6.50. The number of aromatic nitrogens is 1. The summed E-state index contributed by atoms with van der Waals surface area (Å²) in [5.74, 6) is 0.00345. The first-order valence-electron chi connectivity index (χ1n) is 9.84. The van der Waals surface area contributed by atoms with Crippen LogP contribution in [0.15, 0.2) is 45.8 Å². The van der Waals surface area contributed by atoms with E-state index in [1.165, 1.54) is 13.2 Å². The van der Waals surface area contributed by atoms with Crippen LogP contribution in [0.2, 0.25) is 0 Å². The van der Waals surface area contributed by atoms with Crippen LogP contribution in [0.25, 0.3) is 11.3 Å². The number of methoxy groups -OCH3 is 1. The molecule has 0 saturated carbocycles. The SMILES string of the molecule is COc1ccc(-c2onc(C)c2C)cc1S(=O)(=O)CCC(=O)Nc1cccc(C)c1C. The Labute approximate surface area is 182 Å². The zero-order valence-corrected chi connectivity index (χ0v) is 19.1. The van der Waals surface area contributed by atoms with Gasteiger partial charge in [-0.15, -0.1) is 0 Å². The molecule has 164 valence electrons.